The Morgan fingerprint density at radius 2 is 2.33 bits per heavy atom. The summed E-state index contributed by atoms with van der Waals surface area (Å²) < 4.78 is 4.70. The Balaban J connectivity index is 2.34. The normalized spacial score (nSPS) is 9.00. The van der Waals surface area contributed by atoms with E-state index < -0.39 is 0 Å². The van der Waals surface area contributed by atoms with Crippen LogP contribution in [0.1, 0.15) is 12.8 Å². The zero-order chi connectivity index (χ0) is 4.83. The van der Waals surface area contributed by atoms with Gasteiger partial charge in [-0.1, -0.05) is 0 Å². The van der Waals surface area contributed by atoms with Crippen LogP contribution in [-0.4, -0.2) is 13.7 Å². The maximum Gasteiger partial charge on any atom is 0.0462 e. The number of ether oxygens (including phenoxy) is 1. The van der Waals surface area contributed by atoms with Gasteiger partial charge in [-0.2, -0.15) is 0 Å². The standard InChI is InChI=1S/C5H10O/c1-3-4-5-6-2/h1H,3-5H2,2H3. The van der Waals surface area contributed by atoms with E-state index >= 15 is 0 Å². The molecule has 0 aromatic heterocycles. The molecule has 1 heteroatoms. The fraction of sp³-hybridized carbons (Fsp3) is 0.800. The molecule has 0 saturated heterocycles. The van der Waals surface area contributed by atoms with Crippen molar-refractivity contribution in [2.45, 2.75) is 12.8 Å². The van der Waals surface area contributed by atoms with Crippen LogP contribution in [0.2, 0.25) is 0 Å². The van der Waals surface area contributed by atoms with Gasteiger partial charge >= 0.3 is 0 Å². The first-order valence-corrected chi connectivity index (χ1v) is 2.11. The zero-order valence-corrected chi connectivity index (χ0v) is 4.11. The van der Waals surface area contributed by atoms with Crippen molar-refractivity contribution in [3.8, 4) is 0 Å². The van der Waals surface area contributed by atoms with E-state index in [4.69, 9.17) is 11.7 Å². The molecule has 0 N–H and O–H groups in total. The third-order valence-electron chi connectivity index (χ3n) is 0.553. The van der Waals surface area contributed by atoms with Crippen LogP contribution in [0.15, 0.2) is 0 Å². The van der Waals surface area contributed by atoms with Crippen LogP contribution >= 0.6 is 0 Å². The molecule has 0 rings (SSSR count). The second-order valence-electron chi connectivity index (χ2n) is 1.14. The molecule has 0 aromatic rings. The van der Waals surface area contributed by atoms with Gasteiger partial charge in [0, 0.05) is 13.7 Å². The van der Waals surface area contributed by atoms with Crippen LogP contribution in [0.5, 0.6) is 0 Å². The van der Waals surface area contributed by atoms with Gasteiger partial charge in [0.25, 0.3) is 0 Å². The minimum Gasteiger partial charge on any atom is -0.385 e. The van der Waals surface area contributed by atoms with Crippen LogP contribution in [0.3, 0.4) is 0 Å². The number of unbranched alkanes of at least 4 members (excludes halogenated alkanes) is 1. The predicted octanol–water partition coefficient (Wildman–Crippen LogP) is 1.12. The van der Waals surface area contributed by atoms with Gasteiger partial charge in [0.2, 0.25) is 0 Å². The van der Waals surface area contributed by atoms with Gasteiger partial charge in [0.15, 0.2) is 0 Å². The van der Waals surface area contributed by atoms with E-state index in [2.05, 4.69) is 0 Å². The lowest BCUT2D eigenvalue weighted by molar-refractivity contribution is 0.195. The number of rotatable bonds is 3. The van der Waals surface area contributed by atoms with Gasteiger partial charge in [0.05, 0.1) is 0 Å². The average molecular weight is 86.1 g/mol. The highest BCUT2D eigenvalue weighted by atomic mass is 16.5. The van der Waals surface area contributed by atoms with Crippen LogP contribution in [0.25, 0.3) is 0 Å². The molecular weight excluding hydrogens is 76.1 g/mol. The molecule has 0 atom stereocenters. The first-order valence-electron chi connectivity index (χ1n) is 2.11. The highest BCUT2D eigenvalue weighted by molar-refractivity contribution is 4.36. The van der Waals surface area contributed by atoms with Crippen molar-refractivity contribution in [3.05, 3.63) is 6.92 Å². The Morgan fingerprint density at radius 1 is 1.67 bits per heavy atom. The van der Waals surface area contributed by atoms with Crippen molar-refractivity contribution in [2.75, 3.05) is 13.7 Å². The highest BCUT2D eigenvalue weighted by Crippen LogP contribution is 1.82. The van der Waals surface area contributed by atoms with Gasteiger partial charge in [0.1, 0.15) is 0 Å². The van der Waals surface area contributed by atoms with Gasteiger partial charge in [-0.15, -0.1) is 0 Å². The van der Waals surface area contributed by atoms with Crippen LogP contribution < -0.4 is 0 Å². The summed E-state index contributed by atoms with van der Waals surface area (Å²) in [6.07, 6.45) is 1.70. The lowest BCUT2D eigenvalue weighted by Gasteiger charge is -1.89. The maximum atomic E-state index is 5.13. The highest BCUT2D eigenvalue weighted by Gasteiger charge is 1.74. The van der Waals surface area contributed by atoms with Gasteiger partial charge < -0.3 is 4.74 Å². The first-order chi connectivity index (χ1) is 2.91. The van der Waals surface area contributed by atoms with Crippen molar-refractivity contribution in [3.63, 3.8) is 0 Å². The summed E-state index contributed by atoms with van der Waals surface area (Å²) in [6.45, 7) is 5.92. The predicted molar refractivity (Wildman–Crippen MR) is 25.4 cm³/mol. The average Bonchev–Trinajstić information content (AvgIpc) is 1.61. The molecule has 0 spiro atoms. The van der Waals surface area contributed by atoms with Gasteiger partial charge in [-0.3, -0.25) is 0 Å². The maximum absolute atomic E-state index is 5.13. The summed E-state index contributed by atoms with van der Waals surface area (Å²) in [6, 6.07) is 0. The molecule has 1 nitrogen and oxygen atoms in total. The molecule has 0 aromatic carbocycles. The summed E-state index contributed by atoms with van der Waals surface area (Å²) in [5, 5.41) is 0. The van der Waals surface area contributed by atoms with Crippen molar-refractivity contribution >= 4 is 0 Å². The van der Waals surface area contributed by atoms with Gasteiger partial charge in [-0.05, 0) is 19.8 Å². The van der Waals surface area contributed by atoms with E-state index in [0.717, 1.165) is 19.4 Å². The molecule has 0 bridgehead atoms. The molecule has 0 unspecified atom stereocenters. The third kappa shape index (κ3) is 3.96. The Hall–Kier alpha value is -0.0400. The fourth-order valence-electron chi connectivity index (χ4n) is 0.228. The second-order valence-corrected chi connectivity index (χ2v) is 1.14. The van der Waals surface area contributed by atoms with Crippen molar-refractivity contribution in [2.24, 2.45) is 0 Å². The number of hydrogen-bond acceptors (Lipinski definition) is 1. The SMILES string of the molecule is [CH]CCCOC. The lowest BCUT2D eigenvalue weighted by atomic mass is 10.4. The van der Waals surface area contributed by atoms with E-state index in [0.29, 0.717) is 0 Å². The second kappa shape index (κ2) is 4.96. The molecule has 36 valence electrons. The molecule has 6 heavy (non-hydrogen) atoms. The van der Waals surface area contributed by atoms with Crippen LogP contribution in [-0.2, 0) is 4.74 Å². The minimum atomic E-state index is 0.730. The Labute approximate surface area is 39.3 Å². The molecule has 0 aliphatic heterocycles. The molecular formula is C5H10O. The quantitative estimate of drug-likeness (QED) is 0.468. The summed E-state index contributed by atoms with van der Waals surface area (Å²) in [4.78, 5) is 0. The lowest BCUT2D eigenvalue weighted by Crippen LogP contribution is -1.84. The van der Waals surface area contributed by atoms with E-state index in [1.807, 2.05) is 0 Å². The van der Waals surface area contributed by atoms with Crippen molar-refractivity contribution in [1.82, 2.24) is 0 Å². The molecule has 2 radical (unpaired) electrons. The van der Waals surface area contributed by atoms with E-state index in [9.17, 15) is 0 Å². The summed E-state index contributed by atoms with van der Waals surface area (Å²) in [5.41, 5.74) is 0. The fourth-order valence-corrected chi connectivity index (χ4v) is 0.228. The van der Waals surface area contributed by atoms with E-state index in [1.54, 1.807) is 7.11 Å². The summed E-state index contributed by atoms with van der Waals surface area (Å²) in [5.74, 6) is 0. The molecule has 0 aliphatic rings. The largest absolute Gasteiger partial charge is 0.385 e. The number of hydrogen-bond donors (Lipinski definition) is 0. The van der Waals surface area contributed by atoms with E-state index in [1.165, 1.54) is 0 Å². The van der Waals surface area contributed by atoms with Crippen molar-refractivity contribution in [1.29, 1.82) is 0 Å². The molecule has 0 fully saturated rings. The van der Waals surface area contributed by atoms with Crippen molar-refractivity contribution < 1.29 is 4.74 Å². The Bertz CT molecular complexity index is 15.9. The molecule has 0 amide bonds. The topological polar surface area (TPSA) is 9.23 Å². The molecule has 0 saturated carbocycles. The van der Waals surface area contributed by atoms with Crippen LogP contribution in [0.4, 0.5) is 0 Å². The summed E-state index contributed by atoms with van der Waals surface area (Å²) >= 11 is 0. The summed E-state index contributed by atoms with van der Waals surface area (Å²) in [7, 11) is 1.68. The van der Waals surface area contributed by atoms with Crippen LogP contribution in [0, 0.1) is 6.92 Å². The first kappa shape index (κ1) is 5.96. The van der Waals surface area contributed by atoms with Gasteiger partial charge in [-0.25, -0.2) is 0 Å². The minimum absolute atomic E-state index is 0.730. The third-order valence-corrected chi connectivity index (χ3v) is 0.553. The zero-order valence-electron chi connectivity index (χ0n) is 4.11. The molecule has 0 aliphatic carbocycles. The van der Waals surface area contributed by atoms with E-state index in [-0.39, 0.29) is 0 Å². The Kier molecular flexibility index (Phi) is 4.93. The number of methoxy groups -OCH3 is 1. The smallest absolute Gasteiger partial charge is 0.0462 e. The monoisotopic (exact) mass is 86.1 g/mol. The molecule has 0 heterocycles. The Morgan fingerprint density at radius 3 is 2.50 bits per heavy atom.